The van der Waals surface area contributed by atoms with Gasteiger partial charge in [-0.2, -0.15) is 5.26 Å². The highest BCUT2D eigenvalue weighted by molar-refractivity contribution is 5.78. The number of halogens is 2. The average Bonchev–Trinajstić information content (AvgIpc) is 2.31. The van der Waals surface area contributed by atoms with E-state index in [-0.39, 0.29) is 24.4 Å². The van der Waals surface area contributed by atoms with Crippen LogP contribution in [0, 0.1) is 28.9 Å². The first-order valence-electron chi connectivity index (χ1n) is 5.13. The quantitative estimate of drug-likeness (QED) is 0.869. The summed E-state index contributed by atoms with van der Waals surface area (Å²) in [4.78, 5) is 11.4. The van der Waals surface area contributed by atoms with Gasteiger partial charge in [0.1, 0.15) is 11.6 Å². The Labute approximate surface area is 98.1 Å². The fourth-order valence-electron chi connectivity index (χ4n) is 1.24. The summed E-state index contributed by atoms with van der Waals surface area (Å²) in [6.45, 7) is 1.81. The van der Waals surface area contributed by atoms with Crippen molar-refractivity contribution in [3.05, 3.63) is 35.4 Å². The Morgan fingerprint density at radius 1 is 1.47 bits per heavy atom. The molecule has 5 heteroatoms. The summed E-state index contributed by atoms with van der Waals surface area (Å²) >= 11 is 0. The average molecular weight is 238 g/mol. The van der Waals surface area contributed by atoms with Crippen LogP contribution >= 0.6 is 0 Å². The molecular formula is C12H12F2N2O. The van der Waals surface area contributed by atoms with Gasteiger partial charge in [0.15, 0.2) is 0 Å². The zero-order chi connectivity index (χ0) is 12.8. The largest absolute Gasteiger partial charge is 0.355 e. The standard InChI is InChI=1S/C12H12F2N2O/c1-8(6-15)7-16-12(17)5-9-10(13)3-2-4-11(9)14/h2-4,8H,5,7H2,1H3,(H,16,17). The van der Waals surface area contributed by atoms with E-state index in [9.17, 15) is 13.6 Å². The van der Waals surface area contributed by atoms with Gasteiger partial charge in [-0.1, -0.05) is 6.07 Å². The van der Waals surface area contributed by atoms with E-state index < -0.39 is 17.5 Å². The smallest absolute Gasteiger partial charge is 0.224 e. The molecule has 3 nitrogen and oxygen atoms in total. The van der Waals surface area contributed by atoms with Crippen LogP contribution in [0.1, 0.15) is 12.5 Å². The van der Waals surface area contributed by atoms with Gasteiger partial charge in [0, 0.05) is 12.1 Å². The number of carbonyl (C=O) groups is 1. The summed E-state index contributed by atoms with van der Waals surface area (Å²) in [7, 11) is 0. The maximum Gasteiger partial charge on any atom is 0.224 e. The second-order valence-corrected chi connectivity index (χ2v) is 3.71. The van der Waals surface area contributed by atoms with Gasteiger partial charge < -0.3 is 5.32 Å². The van der Waals surface area contributed by atoms with Crippen LogP contribution in [-0.4, -0.2) is 12.5 Å². The Hall–Kier alpha value is -1.96. The molecule has 0 fully saturated rings. The van der Waals surface area contributed by atoms with Crippen LogP contribution in [-0.2, 0) is 11.2 Å². The Bertz CT molecular complexity index is 434. The molecule has 1 N–H and O–H groups in total. The highest BCUT2D eigenvalue weighted by atomic mass is 19.1. The third-order valence-corrected chi connectivity index (χ3v) is 2.22. The molecule has 0 aromatic heterocycles. The van der Waals surface area contributed by atoms with E-state index in [1.165, 1.54) is 6.07 Å². The van der Waals surface area contributed by atoms with Crippen LogP contribution in [0.5, 0.6) is 0 Å². The molecule has 0 aliphatic heterocycles. The number of hydrogen-bond donors (Lipinski definition) is 1. The molecule has 0 saturated carbocycles. The van der Waals surface area contributed by atoms with Gasteiger partial charge in [0.25, 0.3) is 0 Å². The molecule has 1 amide bonds. The number of rotatable bonds is 4. The van der Waals surface area contributed by atoms with Gasteiger partial charge in [-0.15, -0.1) is 0 Å². The van der Waals surface area contributed by atoms with E-state index in [4.69, 9.17) is 5.26 Å². The Kier molecular flexibility index (Phi) is 4.58. The van der Waals surface area contributed by atoms with Crippen molar-refractivity contribution in [2.24, 2.45) is 5.92 Å². The summed E-state index contributed by atoms with van der Waals surface area (Å²) in [6, 6.07) is 5.39. The lowest BCUT2D eigenvalue weighted by Gasteiger charge is -2.07. The first-order valence-corrected chi connectivity index (χ1v) is 5.13. The normalized spacial score (nSPS) is 11.6. The molecule has 1 atom stereocenters. The molecule has 0 saturated heterocycles. The third-order valence-electron chi connectivity index (χ3n) is 2.22. The van der Waals surface area contributed by atoms with E-state index in [2.05, 4.69) is 5.32 Å². The molecule has 1 aromatic carbocycles. The van der Waals surface area contributed by atoms with E-state index in [1.54, 1.807) is 6.92 Å². The Morgan fingerprint density at radius 2 is 2.06 bits per heavy atom. The third kappa shape index (κ3) is 3.83. The van der Waals surface area contributed by atoms with Crippen molar-refractivity contribution >= 4 is 5.91 Å². The SMILES string of the molecule is CC(C#N)CNC(=O)Cc1c(F)cccc1F. The fraction of sp³-hybridized carbons (Fsp3) is 0.333. The molecule has 90 valence electrons. The molecule has 0 aliphatic rings. The zero-order valence-corrected chi connectivity index (χ0v) is 9.34. The maximum absolute atomic E-state index is 13.2. The topological polar surface area (TPSA) is 52.9 Å². The predicted molar refractivity (Wildman–Crippen MR) is 57.8 cm³/mol. The minimum Gasteiger partial charge on any atom is -0.355 e. The summed E-state index contributed by atoms with van der Waals surface area (Å²) in [5.74, 6) is -2.32. The first kappa shape index (κ1) is 13.1. The van der Waals surface area contributed by atoms with Crippen molar-refractivity contribution in [1.29, 1.82) is 5.26 Å². The molecular weight excluding hydrogens is 226 g/mol. The zero-order valence-electron chi connectivity index (χ0n) is 9.34. The monoisotopic (exact) mass is 238 g/mol. The van der Waals surface area contributed by atoms with Crippen molar-refractivity contribution in [3.8, 4) is 6.07 Å². The summed E-state index contributed by atoms with van der Waals surface area (Å²) in [6.07, 6.45) is -0.364. The highest BCUT2D eigenvalue weighted by Gasteiger charge is 2.13. The lowest BCUT2D eigenvalue weighted by molar-refractivity contribution is -0.120. The number of carbonyl (C=O) groups excluding carboxylic acids is 1. The highest BCUT2D eigenvalue weighted by Crippen LogP contribution is 2.12. The number of benzene rings is 1. The van der Waals surface area contributed by atoms with Crippen molar-refractivity contribution in [3.63, 3.8) is 0 Å². The van der Waals surface area contributed by atoms with Gasteiger partial charge in [-0.25, -0.2) is 8.78 Å². The fourth-order valence-corrected chi connectivity index (χ4v) is 1.24. The molecule has 17 heavy (non-hydrogen) atoms. The minimum absolute atomic E-state index is 0.172. The summed E-state index contributed by atoms with van der Waals surface area (Å²) in [5, 5.41) is 10.9. The van der Waals surface area contributed by atoms with Crippen LogP contribution in [0.15, 0.2) is 18.2 Å². The lowest BCUT2D eigenvalue weighted by Crippen LogP contribution is -2.29. The van der Waals surface area contributed by atoms with Crippen LogP contribution in [0.3, 0.4) is 0 Å². The minimum atomic E-state index is -0.742. The predicted octanol–water partition coefficient (Wildman–Crippen LogP) is 1.78. The van der Waals surface area contributed by atoms with Gasteiger partial charge in [0.2, 0.25) is 5.91 Å². The van der Waals surface area contributed by atoms with Crippen LogP contribution in [0.4, 0.5) is 8.78 Å². The van der Waals surface area contributed by atoms with Crippen LogP contribution in [0.25, 0.3) is 0 Å². The summed E-state index contributed by atoms with van der Waals surface area (Å²) < 4.78 is 26.4. The van der Waals surface area contributed by atoms with Gasteiger partial charge in [-0.3, -0.25) is 4.79 Å². The molecule has 1 unspecified atom stereocenters. The summed E-state index contributed by atoms with van der Waals surface area (Å²) in [5.41, 5.74) is -0.255. The van der Waals surface area contributed by atoms with Crippen molar-refractivity contribution in [2.45, 2.75) is 13.3 Å². The van der Waals surface area contributed by atoms with E-state index in [1.807, 2.05) is 6.07 Å². The van der Waals surface area contributed by atoms with E-state index >= 15 is 0 Å². The van der Waals surface area contributed by atoms with Crippen molar-refractivity contribution in [2.75, 3.05) is 6.54 Å². The Balaban J connectivity index is 2.60. The molecule has 1 rings (SSSR count). The van der Waals surface area contributed by atoms with Gasteiger partial charge in [0.05, 0.1) is 18.4 Å². The first-order chi connectivity index (χ1) is 8.04. The Morgan fingerprint density at radius 3 is 2.59 bits per heavy atom. The van der Waals surface area contributed by atoms with E-state index in [0.717, 1.165) is 12.1 Å². The second-order valence-electron chi connectivity index (χ2n) is 3.71. The molecule has 1 aromatic rings. The number of nitrogens with zero attached hydrogens (tertiary/aromatic N) is 1. The molecule has 0 spiro atoms. The number of nitriles is 1. The van der Waals surface area contributed by atoms with Crippen molar-refractivity contribution in [1.82, 2.24) is 5.32 Å². The number of nitrogens with one attached hydrogen (secondary N) is 1. The molecule has 0 bridgehead atoms. The van der Waals surface area contributed by atoms with Gasteiger partial charge >= 0.3 is 0 Å². The van der Waals surface area contributed by atoms with E-state index in [0.29, 0.717) is 0 Å². The van der Waals surface area contributed by atoms with Crippen LogP contribution < -0.4 is 5.32 Å². The second kappa shape index (κ2) is 5.94. The molecule has 0 aliphatic carbocycles. The molecule has 0 radical (unpaired) electrons. The molecule has 0 heterocycles. The maximum atomic E-state index is 13.2. The lowest BCUT2D eigenvalue weighted by atomic mass is 10.1. The van der Waals surface area contributed by atoms with Crippen LogP contribution in [0.2, 0.25) is 0 Å². The number of amides is 1. The number of hydrogen-bond acceptors (Lipinski definition) is 2. The van der Waals surface area contributed by atoms with Gasteiger partial charge in [-0.05, 0) is 19.1 Å². The van der Waals surface area contributed by atoms with Crippen molar-refractivity contribution < 1.29 is 13.6 Å².